The Bertz CT molecular complexity index is 1010. The molecule has 1 fully saturated rings. The first-order valence-corrected chi connectivity index (χ1v) is 9.28. The van der Waals surface area contributed by atoms with Crippen LogP contribution in [0.4, 0.5) is 0 Å². The average Bonchev–Trinajstić information content (AvgIpc) is 3.20. The van der Waals surface area contributed by atoms with E-state index in [0.717, 1.165) is 11.3 Å². The van der Waals surface area contributed by atoms with Crippen LogP contribution in [-0.2, 0) is 11.2 Å². The van der Waals surface area contributed by atoms with Gasteiger partial charge in [-0.05, 0) is 48.4 Å². The summed E-state index contributed by atoms with van der Waals surface area (Å²) in [4.78, 5) is 26.7. The van der Waals surface area contributed by atoms with Gasteiger partial charge in [-0.1, -0.05) is 29.8 Å². The zero-order valence-electron chi connectivity index (χ0n) is 15.1. The van der Waals surface area contributed by atoms with Crippen LogP contribution < -0.4 is 5.73 Å². The molecule has 1 saturated heterocycles. The Kier molecular flexibility index (Phi) is 4.65. The Hall–Kier alpha value is -3.12. The fourth-order valence-corrected chi connectivity index (χ4v) is 3.69. The Morgan fingerprint density at radius 1 is 1.11 bits per heavy atom. The van der Waals surface area contributed by atoms with Crippen molar-refractivity contribution in [2.75, 3.05) is 13.1 Å². The van der Waals surface area contributed by atoms with Gasteiger partial charge < -0.3 is 10.6 Å². The molecular formula is C21H19ClN4O2. The molecule has 0 unspecified atom stereocenters. The Morgan fingerprint density at radius 3 is 2.50 bits per heavy atom. The summed E-state index contributed by atoms with van der Waals surface area (Å²) < 4.78 is 1.70. The fourth-order valence-electron chi connectivity index (χ4n) is 3.56. The predicted molar refractivity (Wildman–Crippen MR) is 106 cm³/mol. The number of carbonyl (C=O) groups is 2. The third-order valence-corrected chi connectivity index (χ3v) is 5.37. The summed E-state index contributed by atoms with van der Waals surface area (Å²) in [6.45, 7) is 0.603. The largest absolute Gasteiger partial charge is 0.369 e. The second-order valence-electron chi connectivity index (χ2n) is 7.11. The molecule has 1 aliphatic heterocycles. The summed E-state index contributed by atoms with van der Waals surface area (Å²) in [5, 5.41) is 4.82. The highest BCUT2D eigenvalue weighted by Crippen LogP contribution is 2.35. The van der Waals surface area contributed by atoms with Crippen molar-refractivity contribution in [3.63, 3.8) is 0 Å². The Balaban J connectivity index is 1.49. The number of nitrogens with two attached hydrogens (primary N) is 1. The van der Waals surface area contributed by atoms with E-state index >= 15 is 0 Å². The number of hydrogen-bond donors (Lipinski definition) is 1. The standard InChI is InChI=1S/C21H19ClN4O2/c22-17-7-5-15(6-8-17)12-21(20(23)28)13-25(14-21)19(27)16-3-1-4-18(11-16)26-10-2-9-24-26/h1-11H,12-14H2,(H2,23,28). The van der Waals surface area contributed by atoms with E-state index in [-0.39, 0.29) is 5.91 Å². The first-order chi connectivity index (χ1) is 13.5. The predicted octanol–water partition coefficient (Wildman–Crippen LogP) is 2.70. The number of likely N-dealkylation sites (tertiary alicyclic amines) is 1. The van der Waals surface area contributed by atoms with E-state index in [9.17, 15) is 9.59 Å². The molecule has 1 aromatic heterocycles. The van der Waals surface area contributed by atoms with Gasteiger partial charge in [0.2, 0.25) is 5.91 Å². The smallest absolute Gasteiger partial charge is 0.253 e. The van der Waals surface area contributed by atoms with Crippen molar-refractivity contribution in [2.45, 2.75) is 6.42 Å². The molecule has 0 aliphatic carbocycles. The molecule has 4 rings (SSSR count). The highest BCUT2D eigenvalue weighted by atomic mass is 35.5. The van der Waals surface area contributed by atoms with Crippen molar-refractivity contribution >= 4 is 23.4 Å². The van der Waals surface area contributed by atoms with Crippen LogP contribution in [0, 0.1) is 5.41 Å². The number of hydrogen-bond acceptors (Lipinski definition) is 3. The van der Waals surface area contributed by atoms with Gasteiger partial charge in [-0.2, -0.15) is 5.10 Å². The molecular weight excluding hydrogens is 376 g/mol. The molecule has 0 saturated carbocycles. The molecule has 2 N–H and O–H groups in total. The SMILES string of the molecule is NC(=O)C1(Cc2ccc(Cl)cc2)CN(C(=O)c2cccc(-n3cccn3)c2)C1. The molecule has 3 aromatic rings. The van der Waals surface area contributed by atoms with Gasteiger partial charge in [-0.15, -0.1) is 0 Å². The van der Waals surface area contributed by atoms with Gasteiger partial charge in [0.05, 0.1) is 11.1 Å². The molecule has 0 bridgehead atoms. The van der Waals surface area contributed by atoms with Crippen molar-refractivity contribution < 1.29 is 9.59 Å². The van der Waals surface area contributed by atoms with Gasteiger partial charge in [-0.25, -0.2) is 4.68 Å². The van der Waals surface area contributed by atoms with Crippen LogP contribution in [0.3, 0.4) is 0 Å². The molecule has 2 heterocycles. The van der Waals surface area contributed by atoms with Gasteiger partial charge in [-0.3, -0.25) is 9.59 Å². The number of halogens is 1. The minimum Gasteiger partial charge on any atom is -0.369 e. The number of benzene rings is 2. The van der Waals surface area contributed by atoms with E-state index in [0.29, 0.717) is 30.1 Å². The number of amides is 2. The second-order valence-corrected chi connectivity index (χ2v) is 7.55. The van der Waals surface area contributed by atoms with Crippen LogP contribution in [0.15, 0.2) is 67.0 Å². The first kappa shape index (κ1) is 18.3. The minimum atomic E-state index is -0.747. The number of carbonyl (C=O) groups excluding carboxylic acids is 2. The summed E-state index contributed by atoms with van der Waals surface area (Å²) in [7, 11) is 0. The lowest BCUT2D eigenvalue weighted by Gasteiger charge is -2.48. The van der Waals surface area contributed by atoms with Crippen molar-refractivity contribution in [3.8, 4) is 5.69 Å². The fraction of sp³-hybridized carbons (Fsp3) is 0.190. The third-order valence-electron chi connectivity index (χ3n) is 5.11. The summed E-state index contributed by atoms with van der Waals surface area (Å²) in [5.41, 5.74) is 7.26. The Labute approximate surface area is 167 Å². The van der Waals surface area contributed by atoms with Crippen LogP contribution in [0.25, 0.3) is 5.69 Å². The first-order valence-electron chi connectivity index (χ1n) is 8.91. The maximum absolute atomic E-state index is 12.9. The van der Waals surface area contributed by atoms with Gasteiger partial charge in [0.15, 0.2) is 0 Å². The molecule has 7 heteroatoms. The minimum absolute atomic E-state index is 0.123. The molecule has 2 aromatic carbocycles. The number of primary amides is 1. The monoisotopic (exact) mass is 394 g/mol. The topological polar surface area (TPSA) is 81.2 Å². The molecule has 2 amide bonds. The lowest BCUT2D eigenvalue weighted by molar-refractivity contribution is -0.135. The van der Waals surface area contributed by atoms with Crippen LogP contribution in [-0.4, -0.2) is 39.6 Å². The van der Waals surface area contributed by atoms with Crippen molar-refractivity contribution in [3.05, 3.63) is 83.1 Å². The zero-order chi connectivity index (χ0) is 19.7. The van der Waals surface area contributed by atoms with E-state index in [1.807, 2.05) is 36.5 Å². The third kappa shape index (κ3) is 3.39. The van der Waals surface area contributed by atoms with Crippen LogP contribution in [0.2, 0.25) is 5.02 Å². The average molecular weight is 395 g/mol. The second kappa shape index (κ2) is 7.13. The van der Waals surface area contributed by atoms with Crippen LogP contribution in [0.1, 0.15) is 15.9 Å². The summed E-state index contributed by atoms with van der Waals surface area (Å²) in [5.74, 6) is -0.515. The molecule has 0 radical (unpaired) electrons. The molecule has 142 valence electrons. The molecule has 6 nitrogen and oxygen atoms in total. The highest BCUT2D eigenvalue weighted by molar-refractivity contribution is 6.30. The van der Waals surface area contributed by atoms with Crippen LogP contribution >= 0.6 is 11.6 Å². The van der Waals surface area contributed by atoms with Crippen molar-refractivity contribution in [1.82, 2.24) is 14.7 Å². The zero-order valence-corrected chi connectivity index (χ0v) is 15.8. The van der Waals surface area contributed by atoms with Crippen LogP contribution in [0.5, 0.6) is 0 Å². The van der Waals surface area contributed by atoms with Gasteiger partial charge in [0.25, 0.3) is 5.91 Å². The van der Waals surface area contributed by atoms with Gasteiger partial charge in [0, 0.05) is 36.1 Å². The number of rotatable bonds is 5. The summed E-state index contributed by atoms with van der Waals surface area (Å²) in [6.07, 6.45) is 3.98. The van der Waals surface area contributed by atoms with E-state index in [1.54, 1.807) is 40.0 Å². The normalized spacial score (nSPS) is 15.1. The van der Waals surface area contributed by atoms with Gasteiger partial charge >= 0.3 is 0 Å². The Morgan fingerprint density at radius 2 is 1.86 bits per heavy atom. The van der Waals surface area contributed by atoms with Crippen molar-refractivity contribution in [1.29, 1.82) is 0 Å². The maximum atomic E-state index is 12.9. The quantitative estimate of drug-likeness (QED) is 0.722. The van der Waals surface area contributed by atoms with Crippen molar-refractivity contribution in [2.24, 2.45) is 11.1 Å². The lowest BCUT2D eigenvalue weighted by Crippen LogP contribution is -2.64. The number of nitrogens with zero attached hydrogens (tertiary/aromatic N) is 3. The summed E-state index contributed by atoms with van der Waals surface area (Å²) >= 11 is 5.92. The van der Waals surface area contributed by atoms with E-state index < -0.39 is 11.3 Å². The highest BCUT2D eigenvalue weighted by Gasteiger charge is 2.49. The molecule has 0 spiro atoms. The van der Waals surface area contributed by atoms with Gasteiger partial charge in [0.1, 0.15) is 0 Å². The summed E-state index contributed by atoms with van der Waals surface area (Å²) in [6, 6.07) is 16.4. The number of aromatic nitrogens is 2. The van der Waals surface area contributed by atoms with E-state index in [2.05, 4.69) is 5.10 Å². The lowest BCUT2D eigenvalue weighted by atomic mass is 9.74. The maximum Gasteiger partial charge on any atom is 0.253 e. The molecule has 0 atom stereocenters. The van der Waals surface area contributed by atoms with E-state index in [1.165, 1.54) is 0 Å². The molecule has 28 heavy (non-hydrogen) atoms. The van der Waals surface area contributed by atoms with E-state index in [4.69, 9.17) is 17.3 Å². The molecule has 1 aliphatic rings.